The summed E-state index contributed by atoms with van der Waals surface area (Å²) in [4.78, 5) is 46.5. The first-order valence-corrected chi connectivity index (χ1v) is 13.6. The Morgan fingerprint density at radius 3 is 2.25 bits per heavy atom. The molecule has 3 amide bonds. The molecule has 0 aliphatic carbocycles. The molecule has 0 unspecified atom stereocenters. The lowest BCUT2D eigenvalue weighted by Crippen LogP contribution is -2.39. The highest BCUT2D eigenvalue weighted by molar-refractivity contribution is 6.31. The van der Waals surface area contributed by atoms with Crippen molar-refractivity contribution in [1.29, 1.82) is 0 Å². The molecule has 0 spiro atoms. The molecule has 4 rings (SSSR count). The van der Waals surface area contributed by atoms with Crippen LogP contribution in [-0.4, -0.2) is 59.6 Å². The van der Waals surface area contributed by atoms with E-state index in [2.05, 4.69) is 20.5 Å². The minimum absolute atomic E-state index is 0.188. The number of benzene rings is 2. The number of aromatic nitrogens is 1. The van der Waals surface area contributed by atoms with E-state index in [4.69, 9.17) is 27.9 Å². The summed E-state index contributed by atoms with van der Waals surface area (Å²) in [5.41, 5.74) is 1.33. The molecular formula is C29H31Cl2N5O4. The summed E-state index contributed by atoms with van der Waals surface area (Å²) >= 11 is 12.0. The number of carbonyl (C=O) groups excluding carboxylic acids is 3. The van der Waals surface area contributed by atoms with Crippen LogP contribution >= 0.6 is 23.2 Å². The van der Waals surface area contributed by atoms with Crippen molar-refractivity contribution in [3.05, 3.63) is 82.0 Å². The highest BCUT2D eigenvalue weighted by Gasteiger charge is 2.25. The zero-order valence-corrected chi connectivity index (χ0v) is 24.1. The first-order chi connectivity index (χ1) is 19.0. The normalized spacial score (nSPS) is 13.8. The van der Waals surface area contributed by atoms with Gasteiger partial charge in [-0.05, 0) is 81.8 Å². The van der Waals surface area contributed by atoms with Crippen molar-refractivity contribution in [3.63, 3.8) is 0 Å². The van der Waals surface area contributed by atoms with Gasteiger partial charge in [-0.2, -0.15) is 0 Å². The van der Waals surface area contributed by atoms with Crippen LogP contribution in [0.4, 0.5) is 22.0 Å². The van der Waals surface area contributed by atoms with Crippen LogP contribution in [0, 0.1) is 0 Å². The lowest BCUT2D eigenvalue weighted by molar-refractivity contribution is 0.0263. The summed E-state index contributed by atoms with van der Waals surface area (Å²) in [6.07, 6.45) is 1.92. The third kappa shape index (κ3) is 7.86. The maximum atomic E-state index is 13.1. The number of hydrogen-bond acceptors (Lipinski definition) is 6. The number of nitrogens with one attached hydrogen (secondary N) is 2. The molecule has 1 fully saturated rings. The number of carbonyl (C=O) groups is 3. The largest absolute Gasteiger partial charge is 0.444 e. The van der Waals surface area contributed by atoms with E-state index in [1.54, 1.807) is 41.3 Å². The van der Waals surface area contributed by atoms with E-state index in [1.165, 1.54) is 12.3 Å². The second-order valence-corrected chi connectivity index (χ2v) is 11.2. The standard InChI is InChI=1S/C29H31Cl2N5O4/c1-29(2,3)40-28(39)36-14-4-13-35(15-16-36)22-9-5-19(6-10-22)26(37)33-24-11-7-20(30)17-23(24)27(38)34-25-12-8-21(31)18-32-25/h5-12,17-18H,4,13-16H2,1-3H3,(H,33,37)(H,32,34,38). The number of rotatable bonds is 5. The van der Waals surface area contributed by atoms with Gasteiger partial charge < -0.3 is 25.2 Å². The van der Waals surface area contributed by atoms with Crippen LogP contribution in [0.3, 0.4) is 0 Å². The predicted octanol–water partition coefficient (Wildman–Crippen LogP) is 6.34. The minimum atomic E-state index is -0.538. The highest BCUT2D eigenvalue weighted by Crippen LogP contribution is 2.24. The molecule has 1 aliphatic rings. The zero-order valence-electron chi connectivity index (χ0n) is 22.5. The molecule has 1 aromatic heterocycles. The fourth-order valence-electron chi connectivity index (χ4n) is 4.15. The van der Waals surface area contributed by atoms with Gasteiger partial charge in [0, 0.05) is 48.6 Å². The van der Waals surface area contributed by atoms with Crippen molar-refractivity contribution in [2.75, 3.05) is 41.7 Å². The molecule has 0 saturated carbocycles. The number of hydrogen-bond donors (Lipinski definition) is 2. The lowest BCUT2D eigenvalue weighted by Gasteiger charge is -2.27. The molecule has 0 radical (unpaired) electrons. The van der Waals surface area contributed by atoms with Crippen LogP contribution in [0.15, 0.2) is 60.8 Å². The van der Waals surface area contributed by atoms with Gasteiger partial charge in [-0.25, -0.2) is 9.78 Å². The van der Waals surface area contributed by atoms with Crippen molar-refractivity contribution in [2.45, 2.75) is 32.8 Å². The molecule has 0 atom stereocenters. The van der Waals surface area contributed by atoms with Crippen molar-refractivity contribution in [3.8, 4) is 0 Å². The van der Waals surface area contributed by atoms with Crippen LogP contribution in [0.5, 0.6) is 0 Å². The lowest BCUT2D eigenvalue weighted by atomic mass is 10.1. The second-order valence-electron chi connectivity index (χ2n) is 10.3. The molecule has 2 aromatic carbocycles. The Labute approximate surface area is 243 Å². The summed E-state index contributed by atoms with van der Waals surface area (Å²) in [6.45, 7) is 8.16. The van der Waals surface area contributed by atoms with E-state index in [9.17, 15) is 14.4 Å². The zero-order chi connectivity index (χ0) is 28.9. The monoisotopic (exact) mass is 583 g/mol. The van der Waals surface area contributed by atoms with E-state index < -0.39 is 11.5 Å². The molecule has 2 N–H and O–H groups in total. The topological polar surface area (TPSA) is 104 Å². The predicted molar refractivity (Wildman–Crippen MR) is 158 cm³/mol. The first kappa shape index (κ1) is 29.2. The van der Waals surface area contributed by atoms with Crippen LogP contribution in [0.2, 0.25) is 10.0 Å². The van der Waals surface area contributed by atoms with E-state index in [1.807, 2.05) is 32.9 Å². The minimum Gasteiger partial charge on any atom is -0.444 e. The summed E-state index contributed by atoms with van der Waals surface area (Å²) in [7, 11) is 0. The maximum Gasteiger partial charge on any atom is 0.410 e. The third-order valence-electron chi connectivity index (χ3n) is 6.09. The van der Waals surface area contributed by atoms with E-state index in [-0.39, 0.29) is 17.6 Å². The Morgan fingerprint density at radius 1 is 0.850 bits per heavy atom. The van der Waals surface area contributed by atoms with Crippen molar-refractivity contribution < 1.29 is 19.1 Å². The third-order valence-corrected chi connectivity index (χ3v) is 6.54. The van der Waals surface area contributed by atoms with E-state index in [0.29, 0.717) is 46.7 Å². The van der Waals surface area contributed by atoms with E-state index >= 15 is 0 Å². The van der Waals surface area contributed by atoms with E-state index in [0.717, 1.165) is 18.7 Å². The number of halogens is 2. The first-order valence-electron chi connectivity index (χ1n) is 12.9. The van der Waals surface area contributed by atoms with Crippen LogP contribution in [0.25, 0.3) is 0 Å². The molecular weight excluding hydrogens is 553 g/mol. The molecule has 11 heteroatoms. The molecule has 1 aliphatic heterocycles. The van der Waals surface area contributed by atoms with Crippen molar-refractivity contribution in [2.24, 2.45) is 0 Å². The number of amides is 3. The highest BCUT2D eigenvalue weighted by atomic mass is 35.5. The Bertz CT molecular complexity index is 1370. The molecule has 2 heterocycles. The van der Waals surface area contributed by atoms with Gasteiger partial charge in [0.25, 0.3) is 11.8 Å². The van der Waals surface area contributed by atoms with Crippen LogP contribution in [0.1, 0.15) is 47.9 Å². The molecule has 0 bridgehead atoms. The Hall–Kier alpha value is -3.82. The van der Waals surface area contributed by atoms with Gasteiger partial charge >= 0.3 is 6.09 Å². The van der Waals surface area contributed by atoms with Gasteiger partial charge in [-0.3, -0.25) is 9.59 Å². The van der Waals surface area contributed by atoms with Gasteiger partial charge in [0.2, 0.25) is 0 Å². The Kier molecular flexibility index (Phi) is 9.17. The number of anilines is 3. The fraction of sp³-hybridized carbons (Fsp3) is 0.310. The second kappa shape index (κ2) is 12.6. The number of pyridine rings is 1. The molecule has 40 heavy (non-hydrogen) atoms. The van der Waals surface area contributed by atoms with Gasteiger partial charge in [0.1, 0.15) is 11.4 Å². The van der Waals surface area contributed by atoms with Crippen molar-refractivity contribution >= 4 is 58.3 Å². The average Bonchev–Trinajstić information content (AvgIpc) is 3.17. The Morgan fingerprint density at radius 2 is 1.57 bits per heavy atom. The molecule has 210 valence electrons. The fourth-order valence-corrected chi connectivity index (χ4v) is 4.43. The smallest absolute Gasteiger partial charge is 0.410 e. The van der Waals surface area contributed by atoms with Gasteiger partial charge in [-0.1, -0.05) is 23.2 Å². The Balaban J connectivity index is 1.41. The summed E-state index contributed by atoms with van der Waals surface area (Å²) in [6, 6.07) is 15.0. The van der Waals surface area contributed by atoms with Gasteiger partial charge in [-0.15, -0.1) is 0 Å². The number of ether oxygens (including phenoxy) is 1. The summed E-state index contributed by atoms with van der Waals surface area (Å²) in [5, 5.41) is 6.27. The summed E-state index contributed by atoms with van der Waals surface area (Å²) < 4.78 is 5.51. The average molecular weight is 585 g/mol. The quantitative estimate of drug-likeness (QED) is 0.363. The maximum absolute atomic E-state index is 13.1. The van der Waals surface area contributed by atoms with Crippen LogP contribution < -0.4 is 15.5 Å². The SMILES string of the molecule is CC(C)(C)OC(=O)N1CCCN(c2ccc(C(=O)Nc3ccc(Cl)cc3C(=O)Nc3ccc(Cl)cn3)cc2)CC1. The van der Waals surface area contributed by atoms with Gasteiger partial charge in [0.15, 0.2) is 0 Å². The summed E-state index contributed by atoms with van der Waals surface area (Å²) in [5.74, 6) is -0.547. The van der Waals surface area contributed by atoms with Crippen molar-refractivity contribution in [1.82, 2.24) is 9.88 Å². The number of nitrogens with zero attached hydrogens (tertiary/aromatic N) is 3. The molecule has 3 aromatic rings. The molecule has 9 nitrogen and oxygen atoms in total. The molecule has 1 saturated heterocycles. The van der Waals surface area contributed by atoms with Gasteiger partial charge in [0.05, 0.1) is 16.3 Å². The van der Waals surface area contributed by atoms with Crippen LogP contribution in [-0.2, 0) is 4.74 Å².